The van der Waals surface area contributed by atoms with Gasteiger partial charge in [-0.2, -0.15) is 0 Å². The van der Waals surface area contributed by atoms with Crippen LogP contribution in [0.15, 0.2) is 30.5 Å². The smallest absolute Gasteiger partial charge is 0.255 e. The molecular formula is C15H17N3O. The molecule has 98 valence electrons. The van der Waals surface area contributed by atoms with Gasteiger partial charge in [0.05, 0.1) is 11.9 Å². The largest absolute Gasteiger partial charge is 0.384 e. The number of hydrogen-bond donors (Lipinski definition) is 2. The summed E-state index contributed by atoms with van der Waals surface area (Å²) in [4.78, 5) is 16.2. The molecule has 0 saturated heterocycles. The molecule has 0 atom stereocenters. The monoisotopic (exact) mass is 255 g/mol. The highest BCUT2D eigenvalue weighted by Gasteiger charge is 2.11. The maximum absolute atomic E-state index is 12.2. The Morgan fingerprint density at radius 1 is 1.11 bits per heavy atom. The summed E-state index contributed by atoms with van der Waals surface area (Å²) in [6.45, 7) is 6.01. The highest BCUT2D eigenvalue weighted by atomic mass is 16.1. The number of rotatable bonds is 2. The number of amides is 1. The predicted octanol–water partition coefficient (Wildman–Crippen LogP) is 2.84. The van der Waals surface area contributed by atoms with Gasteiger partial charge >= 0.3 is 0 Å². The maximum Gasteiger partial charge on any atom is 0.255 e. The summed E-state index contributed by atoms with van der Waals surface area (Å²) in [5, 5.41) is 2.82. The molecule has 4 nitrogen and oxygen atoms in total. The first-order chi connectivity index (χ1) is 8.99. The molecule has 19 heavy (non-hydrogen) atoms. The number of carbonyl (C=O) groups is 1. The molecule has 2 rings (SSSR count). The lowest BCUT2D eigenvalue weighted by molar-refractivity contribution is 0.102. The van der Waals surface area contributed by atoms with Gasteiger partial charge in [-0.05, 0) is 55.7 Å². The van der Waals surface area contributed by atoms with Crippen LogP contribution in [-0.2, 0) is 0 Å². The van der Waals surface area contributed by atoms with Gasteiger partial charge in [-0.15, -0.1) is 0 Å². The van der Waals surface area contributed by atoms with Crippen molar-refractivity contribution in [2.75, 3.05) is 11.1 Å². The molecule has 0 unspecified atom stereocenters. The van der Waals surface area contributed by atoms with Crippen molar-refractivity contribution in [1.29, 1.82) is 0 Å². The zero-order chi connectivity index (χ0) is 14.0. The van der Waals surface area contributed by atoms with Gasteiger partial charge in [-0.3, -0.25) is 4.79 Å². The number of nitrogen functional groups attached to an aromatic ring is 1. The number of nitrogens with zero attached hydrogens (tertiary/aromatic N) is 1. The normalized spacial score (nSPS) is 10.3. The van der Waals surface area contributed by atoms with E-state index in [1.165, 1.54) is 5.56 Å². The molecule has 0 bridgehead atoms. The lowest BCUT2D eigenvalue weighted by Gasteiger charge is -2.11. The Bertz CT molecular complexity index is 618. The molecule has 1 heterocycles. The van der Waals surface area contributed by atoms with Crippen molar-refractivity contribution in [3.8, 4) is 0 Å². The van der Waals surface area contributed by atoms with E-state index in [2.05, 4.69) is 10.3 Å². The Labute approximate surface area is 112 Å². The van der Waals surface area contributed by atoms with Crippen LogP contribution in [0.5, 0.6) is 0 Å². The number of anilines is 2. The quantitative estimate of drug-likeness (QED) is 0.867. The van der Waals surface area contributed by atoms with Crippen LogP contribution in [0.2, 0.25) is 0 Å². The molecule has 0 aliphatic carbocycles. The standard InChI is InChI=1S/C15H17N3O/c1-9-4-6-13(11(3)10(9)2)15(19)18-12-5-7-14(16)17-8-12/h4-8H,1-3H3,(H2,16,17)(H,18,19). The summed E-state index contributed by atoms with van der Waals surface area (Å²) in [5.74, 6) is 0.299. The lowest BCUT2D eigenvalue weighted by Crippen LogP contribution is -2.14. The van der Waals surface area contributed by atoms with E-state index in [-0.39, 0.29) is 5.91 Å². The third-order valence-corrected chi connectivity index (χ3v) is 3.35. The minimum absolute atomic E-state index is 0.132. The first-order valence-corrected chi connectivity index (χ1v) is 6.08. The Hall–Kier alpha value is -2.36. The number of hydrogen-bond acceptors (Lipinski definition) is 3. The SMILES string of the molecule is Cc1ccc(C(=O)Nc2ccc(N)nc2)c(C)c1C. The van der Waals surface area contributed by atoms with E-state index < -0.39 is 0 Å². The number of aryl methyl sites for hydroxylation is 1. The third kappa shape index (κ3) is 2.73. The summed E-state index contributed by atoms with van der Waals surface area (Å²) in [5.41, 5.74) is 10.1. The molecule has 1 aromatic heterocycles. The van der Waals surface area contributed by atoms with E-state index in [4.69, 9.17) is 5.73 Å². The van der Waals surface area contributed by atoms with Crippen LogP contribution in [0.3, 0.4) is 0 Å². The van der Waals surface area contributed by atoms with Crippen LogP contribution in [0.1, 0.15) is 27.0 Å². The lowest BCUT2D eigenvalue weighted by atomic mass is 9.98. The molecule has 0 radical (unpaired) electrons. The van der Waals surface area contributed by atoms with E-state index in [1.54, 1.807) is 18.3 Å². The molecule has 0 spiro atoms. The number of pyridine rings is 1. The molecule has 2 aromatic rings. The van der Waals surface area contributed by atoms with Crippen molar-refractivity contribution in [2.45, 2.75) is 20.8 Å². The Kier molecular flexibility index (Phi) is 3.51. The second-order valence-corrected chi connectivity index (χ2v) is 4.61. The first-order valence-electron chi connectivity index (χ1n) is 6.08. The summed E-state index contributed by atoms with van der Waals surface area (Å²) in [6, 6.07) is 7.19. The van der Waals surface area contributed by atoms with Crippen LogP contribution >= 0.6 is 0 Å². The Morgan fingerprint density at radius 3 is 2.47 bits per heavy atom. The van der Waals surface area contributed by atoms with Crippen LogP contribution in [0, 0.1) is 20.8 Å². The predicted molar refractivity (Wildman–Crippen MR) is 77.3 cm³/mol. The summed E-state index contributed by atoms with van der Waals surface area (Å²) >= 11 is 0. The summed E-state index contributed by atoms with van der Waals surface area (Å²) in [7, 11) is 0. The minimum Gasteiger partial charge on any atom is -0.384 e. The molecule has 0 aliphatic heterocycles. The number of aromatic nitrogens is 1. The van der Waals surface area contributed by atoms with E-state index in [1.807, 2.05) is 32.9 Å². The second-order valence-electron chi connectivity index (χ2n) is 4.61. The molecule has 1 amide bonds. The molecule has 0 fully saturated rings. The van der Waals surface area contributed by atoms with Crippen LogP contribution in [0.4, 0.5) is 11.5 Å². The molecule has 3 N–H and O–H groups in total. The summed E-state index contributed by atoms with van der Waals surface area (Å²) in [6.07, 6.45) is 1.55. The fourth-order valence-corrected chi connectivity index (χ4v) is 1.88. The van der Waals surface area contributed by atoms with Gasteiger partial charge in [-0.1, -0.05) is 6.07 Å². The third-order valence-electron chi connectivity index (χ3n) is 3.35. The summed E-state index contributed by atoms with van der Waals surface area (Å²) < 4.78 is 0. The van der Waals surface area contributed by atoms with E-state index in [0.717, 1.165) is 11.1 Å². The van der Waals surface area contributed by atoms with Crippen molar-refractivity contribution >= 4 is 17.4 Å². The van der Waals surface area contributed by atoms with E-state index in [9.17, 15) is 4.79 Å². The number of benzene rings is 1. The fraction of sp³-hybridized carbons (Fsp3) is 0.200. The van der Waals surface area contributed by atoms with Crippen LogP contribution in [-0.4, -0.2) is 10.9 Å². The van der Waals surface area contributed by atoms with Crippen molar-refractivity contribution < 1.29 is 4.79 Å². The minimum atomic E-state index is -0.132. The van der Waals surface area contributed by atoms with Crippen molar-refractivity contribution in [3.63, 3.8) is 0 Å². The fourth-order valence-electron chi connectivity index (χ4n) is 1.88. The zero-order valence-corrected chi connectivity index (χ0v) is 11.3. The highest BCUT2D eigenvalue weighted by molar-refractivity contribution is 6.05. The molecule has 1 aromatic carbocycles. The zero-order valence-electron chi connectivity index (χ0n) is 11.3. The van der Waals surface area contributed by atoms with E-state index >= 15 is 0 Å². The van der Waals surface area contributed by atoms with Gasteiger partial charge in [0.25, 0.3) is 5.91 Å². The number of nitrogens with one attached hydrogen (secondary N) is 1. The van der Waals surface area contributed by atoms with Crippen LogP contribution in [0.25, 0.3) is 0 Å². The first kappa shape index (κ1) is 13.1. The average molecular weight is 255 g/mol. The second kappa shape index (κ2) is 5.10. The molecule has 0 saturated carbocycles. The molecular weight excluding hydrogens is 238 g/mol. The van der Waals surface area contributed by atoms with Gasteiger partial charge in [0.15, 0.2) is 0 Å². The highest BCUT2D eigenvalue weighted by Crippen LogP contribution is 2.18. The topological polar surface area (TPSA) is 68.0 Å². The van der Waals surface area contributed by atoms with Gasteiger partial charge in [0, 0.05) is 5.56 Å². The number of nitrogens with two attached hydrogens (primary N) is 1. The van der Waals surface area contributed by atoms with Gasteiger partial charge < -0.3 is 11.1 Å². The van der Waals surface area contributed by atoms with Crippen molar-refractivity contribution in [2.24, 2.45) is 0 Å². The maximum atomic E-state index is 12.2. The Morgan fingerprint density at radius 2 is 1.84 bits per heavy atom. The van der Waals surface area contributed by atoms with Crippen molar-refractivity contribution in [3.05, 3.63) is 52.7 Å². The van der Waals surface area contributed by atoms with Crippen molar-refractivity contribution in [1.82, 2.24) is 4.98 Å². The van der Waals surface area contributed by atoms with Gasteiger partial charge in [-0.25, -0.2) is 4.98 Å². The van der Waals surface area contributed by atoms with Crippen LogP contribution < -0.4 is 11.1 Å². The average Bonchev–Trinajstić information content (AvgIpc) is 2.39. The molecule has 0 aliphatic rings. The number of carbonyl (C=O) groups excluding carboxylic acids is 1. The van der Waals surface area contributed by atoms with Gasteiger partial charge in [0.1, 0.15) is 5.82 Å². The van der Waals surface area contributed by atoms with Gasteiger partial charge in [0.2, 0.25) is 0 Å². The van der Waals surface area contributed by atoms with E-state index in [0.29, 0.717) is 17.1 Å². The molecule has 4 heteroatoms. The Balaban J connectivity index is 2.25.